The van der Waals surface area contributed by atoms with E-state index in [0.717, 1.165) is 5.56 Å². The van der Waals surface area contributed by atoms with E-state index in [-0.39, 0.29) is 6.54 Å². The highest BCUT2D eigenvalue weighted by Crippen LogP contribution is 2.22. The topological polar surface area (TPSA) is 63.4 Å². The highest BCUT2D eigenvalue weighted by molar-refractivity contribution is 7.93. The second-order valence-electron chi connectivity index (χ2n) is 4.31. The van der Waals surface area contributed by atoms with Gasteiger partial charge in [0.25, 0.3) is 0 Å². The fourth-order valence-corrected chi connectivity index (χ4v) is 3.76. The molecule has 0 aromatic heterocycles. The summed E-state index contributed by atoms with van der Waals surface area (Å²) >= 11 is 0. The highest BCUT2D eigenvalue weighted by atomic mass is 32.2. The van der Waals surface area contributed by atoms with Crippen molar-refractivity contribution in [3.63, 3.8) is 0 Å². The lowest BCUT2D eigenvalue weighted by Crippen LogP contribution is -2.42. The molecule has 1 aromatic carbocycles. The molecule has 1 atom stereocenters. The number of anilines is 1. The van der Waals surface area contributed by atoms with Gasteiger partial charge < -0.3 is 5.73 Å². The Morgan fingerprint density at radius 3 is 2.44 bits per heavy atom. The van der Waals surface area contributed by atoms with Crippen LogP contribution in [0.4, 0.5) is 5.69 Å². The first-order chi connectivity index (χ1) is 8.47. The number of aryl methyl sites for hydroxylation is 1. The molecular formula is C13H22N2O2S. The molecule has 0 aliphatic heterocycles. The molecule has 0 heterocycles. The van der Waals surface area contributed by atoms with Gasteiger partial charge in [-0.25, -0.2) is 8.42 Å². The molecule has 2 N–H and O–H groups in total. The lowest BCUT2D eigenvalue weighted by molar-refractivity contribution is 0.571. The molecule has 18 heavy (non-hydrogen) atoms. The summed E-state index contributed by atoms with van der Waals surface area (Å²) in [4.78, 5) is 0. The SMILES string of the molecule is CCC(CN)S(=O)(=O)N(CC)c1cccc(C)c1. The molecule has 0 fully saturated rings. The van der Waals surface area contributed by atoms with E-state index in [4.69, 9.17) is 5.73 Å². The van der Waals surface area contributed by atoms with Crippen LogP contribution in [0.2, 0.25) is 0 Å². The summed E-state index contributed by atoms with van der Waals surface area (Å²) < 4.78 is 26.4. The maximum atomic E-state index is 12.5. The Hall–Kier alpha value is -1.07. The normalized spacial score (nSPS) is 13.3. The summed E-state index contributed by atoms with van der Waals surface area (Å²) in [5.74, 6) is 0. The fraction of sp³-hybridized carbons (Fsp3) is 0.538. The van der Waals surface area contributed by atoms with Gasteiger partial charge in [-0.1, -0.05) is 19.1 Å². The van der Waals surface area contributed by atoms with Crippen molar-refractivity contribution < 1.29 is 8.42 Å². The van der Waals surface area contributed by atoms with Crippen LogP contribution in [-0.4, -0.2) is 26.8 Å². The van der Waals surface area contributed by atoms with Gasteiger partial charge in [-0.15, -0.1) is 0 Å². The van der Waals surface area contributed by atoms with Gasteiger partial charge in [-0.3, -0.25) is 4.31 Å². The molecule has 1 rings (SSSR count). The Morgan fingerprint density at radius 2 is 2.00 bits per heavy atom. The van der Waals surface area contributed by atoms with Crippen LogP contribution >= 0.6 is 0 Å². The lowest BCUT2D eigenvalue weighted by Gasteiger charge is -2.27. The largest absolute Gasteiger partial charge is 0.329 e. The van der Waals surface area contributed by atoms with Gasteiger partial charge >= 0.3 is 0 Å². The van der Waals surface area contributed by atoms with E-state index in [1.807, 2.05) is 45.0 Å². The number of sulfonamides is 1. The molecule has 1 unspecified atom stereocenters. The number of hydrogen-bond acceptors (Lipinski definition) is 3. The van der Waals surface area contributed by atoms with Gasteiger partial charge in [0.15, 0.2) is 0 Å². The van der Waals surface area contributed by atoms with Gasteiger partial charge in [0.1, 0.15) is 0 Å². The van der Waals surface area contributed by atoms with Gasteiger partial charge in [-0.05, 0) is 38.0 Å². The Balaban J connectivity index is 3.18. The number of rotatable bonds is 6. The second kappa shape index (κ2) is 6.20. The standard InChI is InChI=1S/C13H22N2O2S/c1-4-13(10-14)18(16,17)15(5-2)12-8-6-7-11(3)9-12/h6-9,13H,4-5,10,14H2,1-3H3. The van der Waals surface area contributed by atoms with E-state index >= 15 is 0 Å². The Bertz CT molecular complexity index is 482. The maximum Gasteiger partial charge on any atom is 0.239 e. The molecule has 1 aromatic rings. The molecule has 0 radical (unpaired) electrons. The zero-order valence-corrected chi connectivity index (χ0v) is 12.1. The molecular weight excluding hydrogens is 248 g/mol. The molecule has 4 nitrogen and oxygen atoms in total. The number of benzene rings is 1. The van der Waals surface area contributed by atoms with Gasteiger partial charge in [0, 0.05) is 13.1 Å². The van der Waals surface area contributed by atoms with Gasteiger partial charge in [0.2, 0.25) is 10.0 Å². The van der Waals surface area contributed by atoms with Crippen LogP contribution in [0.5, 0.6) is 0 Å². The van der Waals surface area contributed by atoms with Crippen LogP contribution in [0, 0.1) is 6.92 Å². The summed E-state index contributed by atoms with van der Waals surface area (Å²) in [7, 11) is -3.37. The minimum atomic E-state index is -3.37. The molecule has 0 aliphatic rings. The number of nitrogens with zero attached hydrogens (tertiary/aromatic N) is 1. The Labute approximate surface area is 110 Å². The zero-order chi connectivity index (χ0) is 13.8. The quantitative estimate of drug-likeness (QED) is 0.858. The van der Waals surface area contributed by atoms with Crippen molar-refractivity contribution in [2.75, 3.05) is 17.4 Å². The van der Waals surface area contributed by atoms with E-state index in [0.29, 0.717) is 18.7 Å². The average Bonchev–Trinajstić information content (AvgIpc) is 2.30. The van der Waals surface area contributed by atoms with Crippen molar-refractivity contribution in [2.45, 2.75) is 32.4 Å². The minimum Gasteiger partial charge on any atom is -0.329 e. The van der Waals surface area contributed by atoms with Crippen molar-refractivity contribution in [3.8, 4) is 0 Å². The zero-order valence-electron chi connectivity index (χ0n) is 11.3. The third kappa shape index (κ3) is 3.03. The van der Waals surface area contributed by atoms with Crippen LogP contribution < -0.4 is 10.0 Å². The van der Waals surface area contributed by atoms with Crippen LogP contribution in [0.15, 0.2) is 24.3 Å². The monoisotopic (exact) mass is 270 g/mol. The molecule has 0 aliphatic carbocycles. The second-order valence-corrected chi connectivity index (χ2v) is 6.45. The van der Waals surface area contributed by atoms with E-state index in [2.05, 4.69) is 0 Å². The summed E-state index contributed by atoms with van der Waals surface area (Å²) in [5, 5.41) is -0.516. The molecule has 102 valence electrons. The molecule has 5 heteroatoms. The van der Waals surface area contributed by atoms with Crippen LogP contribution in [0.3, 0.4) is 0 Å². The third-order valence-corrected chi connectivity index (χ3v) is 5.48. The third-order valence-electron chi connectivity index (χ3n) is 3.02. The summed E-state index contributed by atoms with van der Waals surface area (Å²) in [6.07, 6.45) is 0.529. The summed E-state index contributed by atoms with van der Waals surface area (Å²) in [5.41, 5.74) is 7.32. The smallest absolute Gasteiger partial charge is 0.239 e. The number of hydrogen-bond donors (Lipinski definition) is 1. The fourth-order valence-electron chi connectivity index (χ4n) is 1.97. The predicted molar refractivity (Wildman–Crippen MR) is 76.3 cm³/mol. The molecule has 0 saturated carbocycles. The van der Waals surface area contributed by atoms with Crippen molar-refractivity contribution in [3.05, 3.63) is 29.8 Å². The van der Waals surface area contributed by atoms with E-state index in [9.17, 15) is 8.42 Å². The van der Waals surface area contributed by atoms with E-state index in [1.54, 1.807) is 0 Å². The molecule has 0 bridgehead atoms. The first kappa shape index (κ1) is 15.0. The van der Waals surface area contributed by atoms with E-state index in [1.165, 1.54) is 4.31 Å². The van der Waals surface area contributed by atoms with Crippen molar-refractivity contribution in [1.29, 1.82) is 0 Å². The Kier molecular flexibility index (Phi) is 5.16. The lowest BCUT2D eigenvalue weighted by atomic mass is 10.2. The summed E-state index contributed by atoms with van der Waals surface area (Å²) in [6.45, 7) is 6.20. The van der Waals surface area contributed by atoms with Crippen molar-refractivity contribution in [1.82, 2.24) is 0 Å². The Morgan fingerprint density at radius 1 is 1.33 bits per heavy atom. The average molecular weight is 270 g/mol. The highest BCUT2D eigenvalue weighted by Gasteiger charge is 2.29. The minimum absolute atomic E-state index is 0.154. The predicted octanol–water partition coefficient (Wildman–Crippen LogP) is 1.89. The van der Waals surface area contributed by atoms with Crippen molar-refractivity contribution >= 4 is 15.7 Å². The molecule has 0 spiro atoms. The first-order valence-electron chi connectivity index (χ1n) is 6.25. The molecule has 0 amide bonds. The van der Waals surface area contributed by atoms with Gasteiger partial charge in [-0.2, -0.15) is 0 Å². The number of nitrogens with two attached hydrogens (primary N) is 1. The van der Waals surface area contributed by atoms with Crippen molar-refractivity contribution in [2.24, 2.45) is 5.73 Å². The first-order valence-corrected chi connectivity index (χ1v) is 7.75. The van der Waals surface area contributed by atoms with Gasteiger partial charge in [0.05, 0.1) is 10.9 Å². The van der Waals surface area contributed by atoms with E-state index < -0.39 is 15.3 Å². The molecule has 0 saturated heterocycles. The maximum absolute atomic E-state index is 12.5. The van der Waals surface area contributed by atoms with Crippen LogP contribution in [0.1, 0.15) is 25.8 Å². The van der Waals surface area contributed by atoms with Crippen LogP contribution in [0.25, 0.3) is 0 Å². The van der Waals surface area contributed by atoms with Crippen LogP contribution in [-0.2, 0) is 10.0 Å². The summed E-state index contributed by atoms with van der Waals surface area (Å²) in [6, 6.07) is 7.51.